The summed E-state index contributed by atoms with van der Waals surface area (Å²) < 4.78 is 0. The third-order valence-electron chi connectivity index (χ3n) is 6.35. The number of halogens is 1. The molecule has 1 saturated heterocycles. The molecule has 0 spiro atoms. The fourth-order valence-electron chi connectivity index (χ4n) is 5.37. The molecular formula is C21H20ClNO2. The molecule has 128 valence electrons. The van der Waals surface area contributed by atoms with E-state index in [-0.39, 0.29) is 35.5 Å². The number of amides is 2. The standard InChI is InChI=1S/C21H20ClNO2/c22-13-7-4-8-14(11-13)23-20(24)18-15-9-10-16(19(18)21(23)25)17(15)12-5-2-1-3-6-12/h4,7-11,15-16,18-19H,1-3,5-6H2/t15-,16-,18-,19+/m0/s1. The predicted octanol–water partition coefficient (Wildman–Crippen LogP) is 4.52. The number of fused-ring (bicyclic) bond motifs is 5. The minimum atomic E-state index is -0.217. The highest BCUT2D eigenvalue weighted by molar-refractivity contribution is 6.31. The van der Waals surface area contributed by atoms with Crippen LogP contribution in [0.5, 0.6) is 0 Å². The lowest BCUT2D eigenvalue weighted by Gasteiger charge is -2.23. The zero-order chi connectivity index (χ0) is 17.1. The molecule has 4 heteroatoms. The lowest BCUT2D eigenvalue weighted by atomic mass is 9.85. The number of anilines is 1. The van der Waals surface area contributed by atoms with Crippen LogP contribution in [0.2, 0.25) is 5.02 Å². The maximum Gasteiger partial charge on any atom is 0.238 e. The largest absolute Gasteiger partial charge is 0.274 e. The molecule has 4 aliphatic rings. The van der Waals surface area contributed by atoms with Crippen molar-refractivity contribution in [2.75, 3.05) is 4.90 Å². The highest BCUT2D eigenvalue weighted by Gasteiger charge is 2.62. The van der Waals surface area contributed by atoms with Gasteiger partial charge in [0.1, 0.15) is 0 Å². The van der Waals surface area contributed by atoms with Crippen molar-refractivity contribution in [2.45, 2.75) is 32.1 Å². The molecule has 3 aliphatic carbocycles. The minimum absolute atomic E-state index is 0.0528. The van der Waals surface area contributed by atoms with E-state index in [9.17, 15) is 9.59 Å². The van der Waals surface area contributed by atoms with Crippen LogP contribution in [0.15, 0.2) is 47.6 Å². The summed E-state index contributed by atoms with van der Waals surface area (Å²) in [5.41, 5.74) is 3.53. The second-order valence-corrected chi connectivity index (χ2v) is 8.04. The maximum absolute atomic E-state index is 13.1. The van der Waals surface area contributed by atoms with Crippen LogP contribution in [-0.4, -0.2) is 11.8 Å². The Kier molecular flexibility index (Phi) is 3.43. The first-order valence-corrected chi connectivity index (χ1v) is 9.58. The van der Waals surface area contributed by atoms with Crippen molar-refractivity contribution in [3.05, 3.63) is 52.6 Å². The molecule has 0 unspecified atom stereocenters. The molecule has 1 heterocycles. The quantitative estimate of drug-likeness (QED) is 0.549. The second-order valence-electron chi connectivity index (χ2n) is 7.60. The van der Waals surface area contributed by atoms with E-state index in [2.05, 4.69) is 12.2 Å². The van der Waals surface area contributed by atoms with Crippen LogP contribution in [0.4, 0.5) is 5.69 Å². The van der Waals surface area contributed by atoms with Gasteiger partial charge in [0.05, 0.1) is 17.5 Å². The van der Waals surface area contributed by atoms with Crippen LogP contribution in [0, 0.1) is 23.7 Å². The average Bonchev–Trinajstić information content (AvgIpc) is 3.25. The number of rotatable bonds is 1. The second kappa shape index (κ2) is 5.57. The average molecular weight is 354 g/mol. The van der Waals surface area contributed by atoms with Crippen molar-refractivity contribution in [2.24, 2.45) is 23.7 Å². The summed E-state index contributed by atoms with van der Waals surface area (Å²) >= 11 is 6.06. The lowest BCUT2D eigenvalue weighted by molar-refractivity contribution is -0.122. The first-order chi connectivity index (χ1) is 12.2. The van der Waals surface area contributed by atoms with Gasteiger partial charge in [0, 0.05) is 16.9 Å². The van der Waals surface area contributed by atoms with Crippen molar-refractivity contribution >= 4 is 29.1 Å². The van der Waals surface area contributed by atoms with Crippen molar-refractivity contribution in [1.82, 2.24) is 0 Å². The monoisotopic (exact) mass is 353 g/mol. The smallest absolute Gasteiger partial charge is 0.238 e. The van der Waals surface area contributed by atoms with Crippen LogP contribution in [-0.2, 0) is 9.59 Å². The summed E-state index contributed by atoms with van der Waals surface area (Å²) in [5.74, 6) is -0.282. The molecule has 3 nitrogen and oxygen atoms in total. The van der Waals surface area contributed by atoms with E-state index in [0.717, 1.165) is 12.8 Å². The molecule has 4 atom stereocenters. The van der Waals surface area contributed by atoms with Crippen molar-refractivity contribution < 1.29 is 9.59 Å². The van der Waals surface area contributed by atoms with Crippen LogP contribution >= 0.6 is 11.6 Å². The number of nitrogens with zero attached hydrogens (tertiary/aromatic N) is 1. The topological polar surface area (TPSA) is 37.4 Å². The number of hydrogen-bond acceptors (Lipinski definition) is 2. The first-order valence-electron chi connectivity index (χ1n) is 9.20. The van der Waals surface area contributed by atoms with Gasteiger partial charge in [0.15, 0.2) is 0 Å². The van der Waals surface area contributed by atoms with Crippen LogP contribution in [0.25, 0.3) is 0 Å². The molecule has 2 saturated carbocycles. The van der Waals surface area contributed by atoms with Crippen molar-refractivity contribution in [1.29, 1.82) is 0 Å². The third kappa shape index (κ3) is 2.11. The van der Waals surface area contributed by atoms with Gasteiger partial charge in [0.2, 0.25) is 11.8 Å². The highest BCUT2D eigenvalue weighted by Crippen LogP contribution is 2.58. The van der Waals surface area contributed by atoms with E-state index in [1.165, 1.54) is 35.3 Å². The summed E-state index contributed by atoms with van der Waals surface area (Å²) in [6.07, 6.45) is 10.4. The van der Waals surface area contributed by atoms with Crippen LogP contribution in [0.3, 0.4) is 0 Å². The van der Waals surface area contributed by atoms with Gasteiger partial charge in [-0.1, -0.05) is 47.4 Å². The highest BCUT2D eigenvalue weighted by atomic mass is 35.5. The van der Waals surface area contributed by atoms with Crippen molar-refractivity contribution in [3.63, 3.8) is 0 Å². The third-order valence-corrected chi connectivity index (χ3v) is 6.58. The minimum Gasteiger partial charge on any atom is -0.274 e. The summed E-state index contributed by atoms with van der Waals surface area (Å²) in [4.78, 5) is 27.6. The molecule has 2 amide bonds. The maximum atomic E-state index is 13.1. The molecule has 0 aromatic heterocycles. The predicted molar refractivity (Wildman–Crippen MR) is 97.2 cm³/mol. The summed E-state index contributed by atoms with van der Waals surface area (Å²) in [6, 6.07) is 7.04. The van der Waals surface area contributed by atoms with Gasteiger partial charge >= 0.3 is 0 Å². The number of imide groups is 1. The van der Waals surface area contributed by atoms with Gasteiger partial charge in [-0.25, -0.2) is 4.90 Å². The van der Waals surface area contributed by atoms with Crippen LogP contribution in [0.1, 0.15) is 32.1 Å². The summed E-state index contributed by atoms with van der Waals surface area (Å²) in [5, 5.41) is 0.543. The molecule has 0 N–H and O–H groups in total. The summed E-state index contributed by atoms with van der Waals surface area (Å²) in [7, 11) is 0. The van der Waals surface area contributed by atoms with E-state index in [1.807, 2.05) is 0 Å². The van der Waals surface area contributed by atoms with E-state index in [1.54, 1.807) is 24.3 Å². The Morgan fingerprint density at radius 3 is 2.16 bits per heavy atom. The number of allylic oxidation sites excluding steroid dienone is 4. The normalized spacial score (nSPS) is 33.6. The zero-order valence-corrected chi connectivity index (χ0v) is 14.7. The molecule has 2 bridgehead atoms. The Balaban J connectivity index is 1.54. The molecular weight excluding hydrogens is 334 g/mol. The Morgan fingerprint density at radius 2 is 1.56 bits per heavy atom. The van der Waals surface area contributed by atoms with Crippen molar-refractivity contribution in [3.8, 4) is 0 Å². The molecule has 25 heavy (non-hydrogen) atoms. The Bertz CT molecular complexity index is 798. The number of benzene rings is 1. The Hall–Kier alpha value is -1.87. The summed E-state index contributed by atoms with van der Waals surface area (Å²) in [6.45, 7) is 0. The molecule has 1 aromatic rings. The number of hydrogen-bond donors (Lipinski definition) is 0. The lowest BCUT2D eigenvalue weighted by Crippen LogP contribution is -2.33. The van der Waals surface area contributed by atoms with E-state index in [4.69, 9.17) is 11.6 Å². The first kappa shape index (κ1) is 15.4. The Morgan fingerprint density at radius 1 is 0.920 bits per heavy atom. The fourth-order valence-corrected chi connectivity index (χ4v) is 5.56. The van der Waals surface area contributed by atoms with Crippen LogP contribution < -0.4 is 4.90 Å². The molecule has 3 fully saturated rings. The number of carbonyl (C=O) groups excluding carboxylic acids is 2. The molecule has 1 aromatic carbocycles. The van der Waals surface area contributed by atoms with Gasteiger partial charge in [-0.3, -0.25) is 9.59 Å². The fraction of sp³-hybridized carbons (Fsp3) is 0.429. The number of carbonyl (C=O) groups is 2. The SMILES string of the molecule is O=C1[C@@H]2[C@H](C(=O)N1c1cccc(Cl)c1)[C@H]1C=C[C@H]2C1=C1CCCCC1. The Labute approximate surface area is 152 Å². The van der Waals surface area contributed by atoms with E-state index >= 15 is 0 Å². The van der Waals surface area contributed by atoms with Gasteiger partial charge in [-0.2, -0.15) is 0 Å². The molecule has 0 radical (unpaired) electrons. The van der Waals surface area contributed by atoms with E-state index in [0.29, 0.717) is 10.7 Å². The van der Waals surface area contributed by atoms with Gasteiger partial charge < -0.3 is 0 Å². The van der Waals surface area contributed by atoms with Gasteiger partial charge in [-0.05, 0) is 43.9 Å². The zero-order valence-electron chi connectivity index (χ0n) is 14.0. The molecule has 1 aliphatic heterocycles. The van der Waals surface area contributed by atoms with E-state index < -0.39 is 0 Å². The van der Waals surface area contributed by atoms with Gasteiger partial charge in [-0.15, -0.1) is 0 Å². The van der Waals surface area contributed by atoms with Gasteiger partial charge in [0.25, 0.3) is 0 Å². The molecule has 5 rings (SSSR count).